The van der Waals surface area contributed by atoms with Crippen molar-refractivity contribution in [2.75, 3.05) is 7.11 Å². The van der Waals surface area contributed by atoms with Crippen LogP contribution >= 0.6 is 0 Å². The number of non-ortho nitro benzene ring substituents is 1. The summed E-state index contributed by atoms with van der Waals surface area (Å²) >= 11 is 0. The summed E-state index contributed by atoms with van der Waals surface area (Å²) in [6.07, 6.45) is 4.32. The molecule has 0 radical (unpaired) electrons. The van der Waals surface area contributed by atoms with E-state index >= 15 is 0 Å². The molecule has 5 nitrogen and oxygen atoms in total. The van der Waals surface area contributed by atoms with Crippen molar-refractivity contribution in [3.05, 3.63) is 33.5 Å². The lowest BCUT2D eigenvalue weighted by molar-refractivity contribution is -0.384. The highest BCUT2D eigenvalue weighted by atomic mass is 16.6. The van der Waals surface area contributed by atoms with Gasteiger partial charge in [-0.3, -0.25) is 10.1 Å². The summed E-state index contributed by atoms with van der Waals surface area (Å²) in [5.41, 5.74) is 3.40. The molecule has 0 spiro atoms. The normalized spacial score (nSPS) is 14.5. The lowest BCUT2D eigenvalue weighted by atomic mass is 9.95. The standard InChI is InChI=1S/C13H14N2O3/c1-18-12-7-8(15(16)17)6-10-9-4-2-3-5-11(9)14-13(10)12/h6-7,14H,2-5H2,1H3. The van der Waals surface area contributed by atoms with Gasteiger partial charge in [-0.25, -0.2) is 0 Å². The molecular weight excluding hydrogens is 232 g/mol. The number of rotatable bonds is 2. The van der Waals surface area contributed by atoms with E-state index in [1.807, 2.05) is 0 Å². The summed E-state index contributed by atoms with van der Waals surface area (Å²) in [5.74, 6) is 0.550. The Morgan fingerprint density at radius 1 is 1.33 bits per heavy atom. The van der Waals surface area contributed by atoms with E-state index in [2.05, 4.69) is 4.98 Å². The van der Waals surface area contributed by atoms with Gasteiger partial charge in [0, 0.05) is 17.1 Å². The van der Waals surface area contributed by atoms with Crippen molar-refractivity contribution in [1.29, 1.82) is 0 Å². The molecule has 1 N–H and O–H groups in total. The summed E-state index contributed by atoms with van der Waals surface area (Å²) in [7, 11) is 1.54. The Kier molecular flexibility index (Phi) is 2.47. The smallest absolute Gasteiger partial charge is 0.273 e. The number of aromatic amines is 1. The van der Waals surface area contributed by atoms with Gasteiger partial charge in [0.05, 0.1) is 23.6 Å². The van der Waals surface area contributed by atoms with Crippen LogP contribution in [0.4, 0.5) is 5.69 Å². The SMILES string of the molecule is COc1cc([N+](=O)[O-])cc2c3c([nH]c12)CCCC3. The van der Waals surface area contributed by atoms with E-state index in [0.717, 1.165) is 30.2 Å². The van der Waals surface area contributed by atoms with Gasteiger partial charge in [0.25, 0.3) is 5.69 Å². The predicted molar refractivity (Wildman–Crippen MR) is 68.1 cm³/mol. The highest BCUT2D eigenvalue weighted by Gasteiger charge is 2.21. The van der Waals surface area contributed by atoms with Crippen molar-refractivity contribution in [2.45, 2.75) is 25.7 Å². The molecule has 1 aliphatic rings. The topological polar surface area (TPSA) is 68.2 Å². The van der Waals surface area contributed by atoms with Crippen molar-refractivity contribution in [3.63, 3.8) is 0 Å². The van der Waals surface area contributed by atoms with E-state index in [9.17, 15) is 10.1 Å². The zero-order valence-corrected chi connectivity index (χ0v) is 10.2. The molecule has 0 amide bonds. The number of aromatic nitrogens is 1. The first-order valence-electron chi connectivity index (χ1n) is 6.06. The largest absolute Gasteiger partial charge is 0.494 e. The second kappa shape index (κ2) is 4.01. The molecule has 0 atom stereocenters. The van der Waals surface area contributed by atoms with E-state index in [4.69, 9.17) is 4.74 Å². The van der Waals surface area contributed by atoms with Crippen molar-refractivity contribution in [3.8, 4) is 5.75 Å². The number of nitro benzene ring substituents is 1. The van der Waals surface area contributed by atoms with Crippen LogP contribution in [0.25, 0.3) is 10.9 Å². The zero-order valence-electron chi connectivity index (χ0n) is 10.2. The molecule has 1 aliphatic carbocycles. The first-order valence-corrected chi connectivity index (χ1v) is 6.06. The second-order valence-corrected chi connectivity index (χ2v) is 4.62. The van der Waals surface area contributed by atoms with Crippen molar-refractivity contribution in [2.24, 2.45) is 0 Å². The molecule has 0 bridgehead atoms. The van der Waals surface area contributed by atoms with Crippen LogP contribution in [0, 0.1) is 10.1 Å². The minimum atomic E-state index is -0.371. The van der Waals surface area contributed by atoms with Gasteiger partial charge < -0.3 is 9.72 Å². The fourth-order valence-electron chi connectivity index (χ4n) is 2.73. The van der Waals surface area contributed by atoms with Gasteiger partial charge in [-0.2, -0.15) is 0 Å². The lowest BCUT2D eigenvalue weighted by Gasteiger charge is -2.10. The number of hydrogen-bond donors (Lipinski definition) is 1. The molecule has 2 aromatic rings. The van der Waals surface area contributed by atoms with Crippen LogP contribution in [0.15, 0.2) is 12.1 Å². The van der Waals surface area contributed by atoms with E-state index < -0.39 is 0 Å². The summed E-state index contributed by atoms with van der Waals surface area (Å²) < 4.78 is 5.26. The van der Waals surface area contributed by atoms with Gasteiger partial charge in [-0.05, 0) is 31.2 Å². The van der Waals surface area contributed by atoms with Crippen LogP contribution in [-0.4, -0.2) is 17.0 Å². The Morgan fingerprint density at radius 3 is 2.83 bits per heavy atom. The molecule has 0 fully saturated rings. The van der Waals surface area contributed by atoms with E-state index in [1.54, 1.807) is 13.2 Å². The first-order chi connectivity index (χ1) is 8.70. The Morgan fingerprint density at radius 2 is 2.11 bits per heavy atom. The van der Waals surface area contributed by atoms with Crippen LogP contribution in [0.5, 0.6) is 5.75 Å². The molecule has 0 unspecified atom stereocenters. The number of aryl methyl sites for hydroxylation is 2. The monoisotopic (exact) mass is 246 g/mol. The summed E-state index contributed by atoms with van der Waals surface area (Å²) in [6.45, 7) is 0. The molecule has 0 saturated heterocycles. The van der Waals surface area contributed by atoms with Crippen LogP contribution in [0.3, 0.4) is 0 Å². The molecule has 1 heterocycles. The van der Waals surface area contributed by atoms with Gasteiger partial charge in [-0.15, -0.1) is 0 Å². The maximum Gasteiger partial charge on any atom is 0.273 e. The zero-order chi connectivity index (χ0) is 12.7. The fraction of sp³-hybridized carbons (Fsp3) is 0.385. The molecule has 0 saturated carbocycles. The lowest BCUT2D eigenvalue weighted by Crippen LogP contribution is -2.00. The maximum absolute atomic E-state index is 10.9. The summed E-state index contributed by atoms with van der Waals surface area (Å²) in [6, 6.07) is 3.13. The summed E-state index contributed by atoms with van der Waals surface area (Å²) in [4.78, 5) is 13.9. The molecule has 5 heteroatoms. The molecule has 3 rings (SSSR count). The Labute approximate surface area is 104 Å². The third-order valence-electron chi connectivity index (χ3n) is 3.59. The minimum Gasteiger partial charge on any atom is -0.494 e. The number of hydrogen-bond acceptors (Lipinski definition) is 3. The maximum atomic E-state index is 10.9. The highest BCUT2D eigenvalue weighted by molar-refractivity contribution is 5.92. The minimum absolute atomic E-state index is 0.0896. The average molecular weight is 246 g/mol. The fourth-order valence-corrected chi connectivity index (χ4v) is 2.73. The second-order valence-electron chi connectivity index (χ2n) is 4.62. The number of nitro groups is 1. The van der Waals surface area contributed by atoms with E-state index in [0.29, 0.717) is 5.75 Å². The van der Waals surface area contributed by atoms with Gasteiger partial charge in [-0.1, -0.05) is 0 Å². The van der Waals surface area contributed by atoms with Gasteiger partial charge in [0.15, 0.2) is 0 Å². The molecule has 1 aromatic heterocycles. The number of nitrogens with one attached hydrogen (secondary N) is 1. The number of H-pyrrole nitrogens is 1. The van der Waals surface area contributed by atoms with Crippen LogP contribution in [0.2, 0.25) is 0 Å². The van der Waals surface area contributed by atoms with Crippen molar-refractivity contribution >= 4 is 16.6 Å². The van der Waals surface area contributed by atoms with Crippen molar-refractivity contribution in [1.82, 2.24) is 4.98 Å². The third-order valence-corrected chi connectivity index (χ3v) is 3.59. The number of nitrogens with zero attached hydrogens (tertiary/aromatic N) is 1. The van der Waals surface area contributed by atoms with Gasteiger partial charge in [0.1, 0.15) is 5.75 Å². The summed E-state index contributed by atoms with van der Waals surface area (Å²) in [5, 5.41) is 11.9. The number of benzene rings is 1. The Balaban J connectivity index is 2.31. The molecule has 18 heavy (non-hydrogen) atoms. The highest BCUT2D eigenvalue weighted by Crippen LogP contribution is 2.36. The Bertz CT molecular complexity index is 631. The van der Waals surface area contributed by atoms with Crippen LogP contribution in [-0.2, 0) is 12.8 Å². The third kappa shape index (κ3) is 1.54. The molecular formula is C13H14N2O3. The van der Waals surface area contributed by atoms with Crippen LogP contribution < -0.4 is 4.74 Å². The molecule has 94 valence electrons. The van der Waals surface area contributed by atoms with E-state index in [-0.39, 0.29) is 10.6 Å². The Hall–Kier alpha value is -2.04. The van der Waals surface area contributed by atoms with Gasteiger partial charge in [0.2, 0.25) is 0 Å². The number of ether oxygens (including phenoxy) is 1. The number of methoxy groups -OCH3 is 1. The van der Waals surface area contributed by atoms with Crippen LogP contribution in [0.1, 0.15) is 24.1 Å². The number of fused-ring (bicyclic) bond motifs is 3. The molecule has 1 aromatic carbocycles. The predicted octanol–water partition coefficient (Wildman–Crippen LogP) is 2.96. The van der Waals surface area contributed by atoms with Gasteiger partial charge >= 0.3 is 0 Å². The van der Waals surface area contributed by atoms with E-state index in [1.165, 1.54) is 23.7 Å². The quantitative estimate of drug-likeness (QED) is 0.654. The average Bonchev–Trinajstić information content (AvgIpc) is 2.76. The van der Waals surface area contributed by atoms with Crippen molar-refractivity contribution < 1.29 is 9.66 Å². The first kappa shape index (κ1) is 11.1. The molecule has 0 aliphatic heterocycles.